The van der Waals surface area contributed by atoms with Gasteiger partial charge < -0.3 is 10.0 Å². The van der Waals surface area contributed by atoms with Gasteiger partial charge in [0.2, 0.25) is 5.91 Å². The van der Waals surface area contributed by atoms with E-state index >= 15 is 0 Å². The average Bonchev–Trinajstić information content (AvgIpc) is 2.14. The maximum Gasteiger partial charge on any atom is 0.334 e. The normalized spacial score (nSPS) is 30.1. The molecular formula is C9H9NO3S. The summed E-state index contributed by atoms with van der Waals surface area (Å²) in [7, 11) is 0. The third-order valence-electron chi connectivity index (χ3n) is 2.30. The van der Waals surface area contributed by atoms with Crippen LogP contribution in [0.15, 0.2) is 24.4 Å². The molecule has 2 aliphatic heterocycles. The number of carboxylic acid groups (broad SMARTS) is 1. The minimum absolute atomic E-state index is 0.0104. The summed E-state index contributed by atoms with van der Waals surface area (Å²) < 4.78 is 0. The molecule has 0 bridgehead atoms. The van der Waals surface area contributed by atoms with Crippen molar-refractivity contribution in [2.24, 2.45) is 0 Å². The molecule has 0 aromatic heterocycles. The summed E-state index contributed by atoms with van der Waals surface area (Å²) in [5.41, 5.74) is 0.231. The van der Waals surface area contributed by atoms with Crippen LogP contribution in [0.1, 0.15) is 6.42 Å². The Bertz CT molecular complexity index is 350. The quantitative estimate of drug-likeness (QED) is 0.542. The predicted octanol–water partition coefficient (Wildman–Crippen LogP) is 0.815. The molecule has 0 spiro atoms. The van der Waals surface area contributed by atoms with Gasteiger partial charge in [0, 0.05) is 6.20 Å². The number of amides is 1. The fourth-order valence-electron chi connectivity index (χ4n) is 1.50. The molecule has 14 heavy (non-hydrogen) atoms. The highest BCUT2D eigenvalue weighted by Gasteiger charge is 2.42. The van der Waals surface area contributed by atoms with Gasteiger partial charge in [-0.05, 0) is 0 Å². The molecule has 1 amide bonds. The first kappa shape index (κ1) is 9.33. The number of hydrogen-bond acceptors (Lipinski definition) is 3. The van der Waals surface area contributed by atoms with E-state index in [0.717, 1.165) is 0 Å². The molecule has 2 atom stereocenters. The minimum Gasteiger partial charge on any atom is -0.478 e. The van der Waals surface area contributed by atoms with Crippen LogP contribution in [-0.4, -0.2) is 32.5 Å². The van der Waals surface area contributed by atoms with Gasteiger partial charge in [0.1, 0.15) is 0 Å². The van der Waals surface area contributed by atoms with Crippen LogP contribution < -0.4 is 0 Å². The highest BCUT2D eigenvalue weighted by Crippen LogP contribution is 2.40. The first-order valence-corrected chi connectivity index (χ1v) is 5.12. The van der Waals surface area contributed by atoms with Gasteiger partial charge in [0.05, 0.1) is 22.6 Å². The molecule has 0 aliphatic carbocycles. The second-order valence-corrected chi connectivity index (χ2v) is 4.47. The predicted molar refractivity (Wildman–Crippen MR) is 52.5 cm³/mol. The molecule has 1 fully saturated rings. The van der Waals surface area contributed by atoms with Crippen molar-refractivity contribution >= 4 is 23.6 Å². The Morgan fingerprint density at radius 2 is 2.50 bits per heavy atom. The van der Waals surface area contributed by atoms with E-state index < -0.39 is 5.97 Å². The Labute approximate surface area is 85.3 Å². The second kappa shape index (κ2) is 3.16. The van der Waals surface area contributed by atoms with E-state index in [1.54, 1.807) is 6.08 Å². The van der Waals surface area contributed by atoms with Crippen molar-refractivity contribution in [3.8, 4) is 0 Å². The lowest BCUT2D eigenvalue weighted by molar-refractivity contribution is -0.137. The molecule has 5 heteroatoms. The summed E-state index contributed by atoms with van der Waals surface area (Å²) >= 11 is 1.46. The third-order valence-corrected chi connectivity index (χ3v) is 3.74. The van der Waals surface area contributed by atoms with E-state index in [1.807, 2.05) is 0 Å². The zero-order valence-corrected chi connectivity index (χ0v) is 8.16. The Balaban J connectivity index is 2.29. The number of carbonyl (C=O) groups excluding carboxylic acids is 1. The van der Waals surface area contributed by atoms with Crippen molar-refractivity contribution in [1.82, 2.24) is 4.90 Å². The highest BCUT2D eigenvalue weighted by atomic mass is 32.2. The standard InChI is InChI=1S/C9H9NO3S/c1-2-6-5(9(12)13)4-10-7(11)3-8(10)14-6/h2,4,6,8H,1,3H2,(H,12,13)/t6?,8-/m1/s1. The summed E-state index contributed by atoms with van der Waals surface area (Å²) in [6.07, 6.45) is 3.53. The van der Waals surface area contributed by atoms with Crippen molar-refractivity contribution < 1.29 is 14.7 Å². The van der Waals surface area contributed by atoms with E-state index in [1.165, 1.54) is 22.9 Å². The Kier molecular flexibility index (Phi) is 2.11. The number of aliphatic carboxylic acids is 1. The first-order valence-electron chi connectivity index (χ1n) is 4.17. The van der Waals surface area contributed by atoms with Gasteiger partial charge in [-0.15, -0.1) is 18.3 Å². The minimum atomic E-state index is -0.986. The molecule has 0 saturated carbocycles. The van der Waals surface area contributed by atoms with Gasteiger partial charge in [0.25, 0.3) is 0 Å². The third kappa shape index (κ3) is 1.24. The lowest BCUT2D eigenvalue weighted by atomic mass is 10.1. The number of carboxylic acids is 1. The molecule has 2 aliphatic rings. The van der Waals surface area contributed by atoms with Crippen molar-refractivity contribution in [3.05, 3.63) is 24.4 Å². The number of hydrogen-bond donors (Lipinski definition) is 1. The molecular weight excluding hydrogens is 202 g/mol. The van der Waals surface area contributed by atoms with Crippen LogP contribution in [0.25, 0.3) is 0 Å². The molecule has 2 rings (SSSR count). The summed E-state index contributed by atoms with van der Waals surface area (Å²) in [4.78, 5) is 23.4. The van der Waals surface area contributed by atoms with Crippen LogP contribution >= 0.6 is 11.8 Å². The van der Waals surface area contributed by atoms with E-state index in [9.17, 15) is 9.59 Å². The van der Waals surface area contributed by atoms with E-state index in [4.69, 9.17) is 5.11 Å². The van der Waals surface area contributed by atoms with Gasteiger partial charge in [-0.2, -0.15) is 0 Å². The van der Waals surface area contributed by atoms with Crippen molar-refractivity contribution in [1.29, 1.82) is 0 Å². The molecule has 2 heterocycles. The van der Waals surface area contributed by atoms with Gasteiger partial charge in [-0.25, -0.2) is 4.79 Å². The molecule has 1 saturated heterocycles. The number of fused-ring (bicyclic) bond motifs is 1. The fourth-order valence-corrected chi connectivity index (χ4v) is 2.80. The SMILES string of the molecule is C=CC1S[C@@H]2CC(=O)N2C=C1C(=O)O. The monoisotopic (exact) mass is 211 g/mol. The average molecular weight is 211 g/mol. The van der Waals surface area contributed by atoms with Crippen molar-refractivity contribution in [2.75, 3.05) is 0 Å². The summed E-state index contributed by atoms with van der Waals surface area (Å²) in [6, 6.07) is 0. The van der Waals surface area contributed by atoms with Crippen LogP contribution in [0.4, 0.5) is 0 Å². The summed E-state index contributed by atoms with van der Waals surface area (Å²) in [5.74, 6) is -0.996. The maximum atomic E-state index is 11.1. The maximum absolute atomic E-state index is 11.1. The van der Waals surface area contributed by atoms with Crippen LogP contribution in [-0.2, 0) is 9.59 Å². The summed E-state index contributed by atoms with van der Waals surface area (Å²) in [6.45, 7) is 3.59. The van der Waals surface area contributed by atoms with Crippen LogP contribution in [0.2, 0.25) is 0 Å². The van der Waals surface area contributed by atoms with E-state index in [0.29, 0.717) is 6.42 Å². The zero-order chi connectivity index (χ0) is 10.3. The van der Waals surface area contributed by atoms with Crippen molar-refractivity contribution in [3.63, 3.8) is 0 Å². The zero-order valence-electron chi connectivity index (χ0n) is 7.34. The smallest absolute Gasteiger partial charge is 0.334 e. The molecule has 0 aromatic carbocycles. The van der Waals surface area contributed by atoms with E-state index in [2.05, 4.69) is 6.58 Å². The number of β-lactam (4-membered cyclic amide) rings is 1. The lowest BCUT2D eigenvalue weighted by Gasteiger charge is -2.42. The van der Waals surface area contributed by atoms with Gasteiger partial charge in [0.15, 0.2) is 0 Å². The van der Waals surface area contributed by atoms with Crippen LogP contribution in [0.5, 0.6) is 0 Å². The number of rotatable bonds is 2. The molecule has 0 radical (unpaired) electrons. The Hall–Kier alpha value is -1.23. The first-order chi connectivity index (χ1) is 6.63. The highest BCUT2D eigenvalue weighted by molar-refractivity contribution is 8.01. The molecule has 0 aromatic rings. The second-order valence-electron chi connectivity index (χ2n) is 3.14. The van der Waals surface area contributed by atoms with Gasteiger partial charge >= 0.3 is 5.97 Å². The Morgan fingerprint density at radius 1 is 1.79 bits per heavy atom. The number of carbonyl (C=O) groups is 2. The Morgan fingerprint density at radius 3 is 3.00 bits per heavy atom. The molecule has 4 nitrogen and oxygen atoms in total. The van der Waals surface area contributed by atoms with Gasteiger partial charge in [-0.3, -0.25) is 4.79 Å². The van der Waals surface area contributed by atoms with E-state index in [-0.39, 0.29) is 22.1 Å². The van der Waals surface area contributed by atoms with Gasteiger partial charge in [-0.1, -0.05) is 6.08 Å². The number of thioether (sulfide) groups is 1. The topological polar surface area (TPSA) is 57.6 Å². The largest absolute Gasteiger partial charge is 0.478 e. The lowest BCUT2D eigenvalue weighted by Crippen LogP contribution is -2.50. The van der Waals surface area contributed by atoms with Crippen molar-refractivity contribution in [2.45, 2.75) is 17.0 Å². The number of nitrogens with zero attached hydrogens (tertiary/aromatic N) is 1. The molecule has 74 valence electrons. The van der Waals surface area contributed by atoms with Crippen LogP contribution in [0.3, 0.4) is 0 Å². The molecule has 1 N–H and O–H groups in total. The fraction of sp³-hybridized carbons (Fsp3) is 0.333. The van der Waals surface area contributed by atoms with Crippen LogP contribution in [0, 0.1) is 0 Å². The molecule has 1 unspecified atom stereocenters. The summed E-state index contributed by atoms with van der Waals surface area (Å²) in [5, 5.41) is 8.79.